The summed E-state index contributed by atoms with van der Waals surface area (Å²) < 4.78 is 21.1. The van der Waals surface area contributed by atoms with Crippen LogP contribution in [0.5, 0.6) is 0 Å². The summed E-state index contributed by atoms with van der Waals surface area (Å²) in [5.41, 5.74) is 5.42. The van der Waals surface area contributed by atoms with Gasteiger partial charge >= 0.3 is 0 Å². The fourth-order valence-electron chi connectivity index (χ4n) is 0.431. The van der Waals surface area contributed by atoms with Gasteiger partial charge in [0.2, 0.25) is 0 Å². The van der Waals surface area contributed by atoms with Crippen LogP contribution in [0.15, 0.2) is 0 Å². The van der Waals surface area contributed by atoms with E-state index in [1.165, 1.54) is 13.8 Å². The highest BCUT2D eigenvalue weighted by atomic mass is 32.2. The fourth-order valence-corrected chi connectivity index (χ4v) is 0.961. The third kappa shape index (κ3) is 1.95. The van der Waals surface area contributed by atoms with E-state index < -0.39 is 20.6 Å². The minimum absolute atomic E-state index is 0.752. The van der Waals surface area contributed by atoms with Crippen LogP contribution < -0.4 is 5.73 Å². The van der Waals surface area contributed by atoms with E-state index in [1.54, 1.807) is 0 Å². The van der Waals surface area contributed by atoms with Crippen LogP contribution in [0, 0.1) is 12.3 Å². The van der Waals surface area contributed by atoms with E-state index in [-0.39, 0.29) is 0 Å². The molecule has 0 aliphatic rings. The highest BCUT2D eigenvalue weighted by molar-refractivity contribution is 7.92. The van der Waals surface area contributed by atoms with Gasteiger partial charge < -0.3 is 5.73 Å². The maximum atomic E-state index is 11.1. The number of hydrogen-bond donors (Lipinski definition) is 1. The Hall–Kier alpha value is -0.530. The van der Waals surface area contributed by atoms with Crippen LogP contribution in [0.3, 0.4) is 0 Å². The average molecular weight is 175 g/mol. The maximum absolute atomic E-state index is 11.1. The lowest BCUT2D eigenvalue weighted by Crippen LogP contribution is -2.47. The quantitative estimate of drug-likeness (QED) is 0.590. The SMILES string of the molecule is C#CC(N)C(C)(C)S(C)(=O)=O. The van der Waals surface area contributed by atoms with Crippen molar-refractivity contribution in [2.24, 2.45) is 5.73 Å². The molecule has 0 aromatic heterocycles. The molecule has 64 valence electrons. The maximum Gasteiger partial charge on any atom is 0.155 e. The molecule has 4 heteroatoms. The van der Waals surface area contributed by atoms with Gasteiger partial charge in [-0.05, 0) is 13.8 Å². The van der Waals surface area contributed by atoms with Crippen molar-refractivity contribution in [2.75, 3.05) is 6.26 Å². The summed E-state index contributed by atoms with van der Waals surface area (Å²) in [7, 11) is -3.18. The van der Waals surface area contributed by atoms with Crippen LogP contribution >= 0.6 is 0 Å². The number of sulfone groups is 1. The second-order valence-electron chi connectivity index (χ2n) is 3.02. The Bertz CT molecular complexity index is 271. The molecule has 3 nitrogen and oxygen atoms in total. The van der Waals surface area contributed by atoms with E-state index in [0.717, 1.165) is 6.26 Å². The Balaban J connectivity index is 4.94. The minimum atomic E-state index is -3.18. The van der Waals surface area contributed by atoms with E-state index in [1.807, 2.05) is 0 Å². The molecule has 0 aliphatic carbocycles. The van der Waals surface area contributed by atoms with Gasteiger partial charge in [-0.3, -0.25) is 0 Å². The van der Waals surface area contributed by atoms with Crippen molar-refractivity contribution in [1.82, 2.24) is 0 Å². The Morgan fingerprint density at radius 2 is 1.91 bits per heavy atom. The second kappa shape index (κ2) is 2.84. The first-order chi connectivity index (χ1) is 4.73. The largest absolute Gasteiger partial charge is 0.316 e. The third-order valence-corrected chi connectivity index (χ3v) is 4.05. The predicted molar refractivity (Wildman–Crippen MR) is 45.7 cm³/mol. The first kappa shape index (κ1) is 10.5. The number of nitrogens with two attached hydrogens (primary N) is 1. The molecule has 0 saturated carbocycles. The summed E-state index contributed by atoms with van der Waals surface area (Å²) >= 11 is 0. The molecule has 0 aromatic carbocycles. The third-order valence-electron chi connectivity index (χ3n) is 1.88. The Morgan fingerprint density at radius 1 is 1.55 bits per heavy atom. The zero-order valence-electron chi connectivity index (χ0n) is 6.96. The molecule has 0 amide bonds. The molecule has 11 heavy (non-hydrogen) atoms. The Morgan fingerprint density at radius 3 is 2.00 bits per heavy atom. The molecule has 0 fully saturated rings. The predicted octanol–water partition coefficient (Wildman–Crippen LogP) is -0.230. The lowest BCUT2D eigenvalue weighted by molar-refractivity contribution is 0.531. The van der Waals surface area contributed by atoms with E-state index in [9.17, 15) is 8.42 Å². The van der Waals surface area contributed by atoms with Gasteiger partial charge in [0.1, 0.15) is 0 Å². The van der Waals surface area contributed by atoms with Crippen molar-refractivity contribution in [2.45, 2.75) is 24.6 Å². The van der Waals surface area contributed by atoms with Crippen molar-refractivity contribution < 1.29 is 8.42 Å². The minimum Gasteiger partial charge on any atom is -0.316 e. The molecule has 0 heterocycles. The summed E-state index contributed by atoms with van der Waals surface area (Å²) in [5, 5.41) is 0. The van der Waals surface area contributed by atoms with Gasteiger partial charge in [-0.1, -0.05) is 5.92 Å². The normalized spacial score (nSPS) is 15.5. The van der Waals surface area contributed by atoms with Gasteiger partial charge in [-0.25, -0.2) is 8.42 Å². The molecule has 0 bridgehead atoms. The van der Waals surface area contributed by atoms with Crippen LogP contribution in [0.2, 0.25) is 0 Å². The smallest absolute Gasteiger partial charge is 0.155 e. The standard InChI is InChI=1S/C7H13NO2S/c1-5-6(8)7(2,3)11(4,9)10/h1,6H,8H2,2-4H3. The lowest BCUT2D eigenvalue weighted by atomic mass is 10.1. The van der Waals surface area contributed by atoms with Crippen LogP contribution in [0.4, 0.5) is 0 Å². The molecular weight excluding hydrogens is 162 g/mol. The monoisotopic (exact) mass is 175 g/mol. The van der Waals surface area contributed by atoms with Crippen LogP contribution in [0.1, 0.15) is 13.8 Å². The first-order valence-corrected chi connectivity index (χ1v) is 5.04. The Kier molecular flexibility index (Phi) is 2.70. The van der Waals surface area contributed by atoms with Crippen molar-refractivity contribution >= 4 is 9.84 Å². The van der Waals surface area contributed by atoms with Crippen molar-refractivity contribution in [3.8, 4) is 12.3 Å². The van der Waals surface area contributed by atoms with Gasteiger partial charge in [0.15, 0.2) is 9.84 Å². The topological polar surface area (TPSA) is 60.2 Å². The van der Waals surface area contributed by atoms with Crippen LogP contribution in [0.25, 0.3) is 0 Å². The van der Waals surface area contributed by atoms with E-state index in [0.29, 0.717) is 0 Å². The second-order valence-corrected chi connectivity index (χ2v) is 5.62. The molecule has 0 radical (unpaired) electrons. The molecule has 2 N–H and O–H groups in total. The fraction of sp³-hybridized carbons (Fsp3) is 0.714. The summed E-state index contributed by atoms with van der Waals surface area (Å²) in [5.74, 6) is 2.21. The molecule has 1 unspecified atom stereocenters. The van der Waals surface area contributed by atoms with Crippen molar-refractivity contribution in [3.05, 3.63) is 0 Å². The van der Waals surface area contributed by atoms with Gasteiger partial charge in [0.05, 0.1) is 10.8 Å². The molecule has 0 aromatic rings. The van der Waals surface area contributed by atoms with Gasteiger partial charge in [-0.15, -0.1) is 6.42 Å². The molecule has 0 spiro atoms. The lowest BCUT2D eigenvalue weighted by Gasteiger charge is -2.25. The molecule has 0 saturated heterocycles. The van der Waals surface area contributed by atoms with E-state index in [4.69, 9.17) is 12.2 Å². The summed E-state index contributed by atoms with van der Waals surface area (Å²) in [6.07, 6.45) is 6.14. The highest BCUT2D eigenvalue weighted by Gasteiger charge is 2.35. The zero-order valence-corrected chi connectivity index (χ0v) is 7.77. The average Bonchev–Trinajstić information content (AvgIpc) is 1.83. The number of hydrogen-bond acceptors (Lipinski definition) is 3. The highest BCUT2D eigenvalue weighted by Crippen LogP contribution is 2.17. The molecule has 0 rings (SSSR count). The number of rotatable bonds is 2. The van der Waals surface area contributed by atoms with E-state index >= 15 is 0 Å². The van der Waals surface area contributed by atoms with Crippen molar-refractivity contribution in [1.29, 1.82) is 0 Å². The Labute approximate surface area is 67.9 Å². The van der Waals surface area contributed by atoms with Crippen LogP contribution in [-0.4, -0.2) is 25.5 Å². The van der Waals surface area contributed by atoms with Crippen molar-refractivity contribution in [3.63, 3.8) is 0 Å². The van der Waals surface area contributed by atoms with E-state index in [2.05, 4.69) is 5.92 Å². The van der Waals surface area contributed by atoms with Gasteiger partial charge in [0, 0.05) is 6.26 Å². The summed E-state index contributed by atoms with van der Waals surface area (Å²) in [6.45, 7) is 3.04. The van der Waals surface area contributed by atoms with Gasteiger partial charge in [0.25, 0.3) is 0 Å². The summed E-state index contributed by atoms with van der Waals surface area (Å²) in [4.78, 5) is 0. The molecule has 1 atom stereocenters. The first-order valence-electron chi connectivity index (χ1n) is 3.15. The zero-order chi connectivity index (χ0) is 9.28. The number of terminal acetylenes is 1. The van der Waals surface area contributed by atoms with Gasteiger partial charge in [-0.2, -0.15) is 0 Å². The molecule has 0 aliphatic heterocycles. The van der Waals surface area contributed by atoms with Crippen LogP contribution in [-0.2, 0) is 9.84 Å². The summed E-state index contributed by atoms with van der Waals surface area (Å²) in [6, 6.07) is -0.752. The molecular formula is C7H13NO2S.